The summed E-state index contributed by atoms with van der Waals surface area (Å²) in [5.74, 6) is 0.621. The van der Waals surface area contributed by atoms with Crippen molar-refractivity contribution in [1.82, 2.24) is 9.97 Å². The van der Waals surface area contributed by atoms with Crippen molar-refractivity contribution in [2.75, 3.05) is 0 Å². The number of para-hydroxylation sites is 1. The van der Waals surface area contributed by atoms with Gasteiger partial charge in [0.15, 0.2) is 5.58 Å². The van der Waals surface area contributed by atoms with Crippen LogP contribution in [0.15, 0.2) is 162 Å². The zero-order valence-electron chi connectivity index (χ0n) is 25.3. The molecule has 2 heterocycles. The van der Waals surface area contributed by atoms with Crippen LogP contribution in [0.25, 0.3) is 98.9 Å². The van der Waals surface area contributed by atoms with E-state index in [1.54, 1.807) is 0 Å². The Hall–Kier alpha value is -6.32. The van der Waals surface area contributed by atoms with Crippen LogP contribution >= 0.6 is 0 Å². The molecule has 0 aliphatic rings. The molecule has 10 aromatic rings. The number of hydrogen-bond acceptors (Lipinski definition) is 3. The largest absolute Gasteiger partial charge is 0.436 e. The van der Waals surface area contributed by atoms with Gasteiger partial charge < -0.3 is 4.42 Å². The molecule has 3 nitrogen and oxygen atoms in total. The molecule has 0 aliphatic carbocycles. The number of hydrogen-bond donors (Lipinski definition) is 0. The Kier molecular flexibility index (Phi) is 5.57. The standard InChI is InChI=1S/C44H26N2O/c1-2-10-29(11-3-1)44-46-43-40(47-44)25-24-37-41(43)36-16-8-9-17-39(36)45-42(37)28-20-18-27(19-21-28)30-22-23-35-33-14-5-4-12-31(33)32-13-6-7-15-34(32)38(35)26-30/h1-26H. The third-order valence-electron chi connectivity index (χ3n) is 9.48. The summed E-state index contributed by atoms with van der Waals surface area (Å²) in [5, 5.41) is 10.9. The van der Waals surface area contributed by atoms with Crippen molar-refractivity contribution in [3.05, 3.63) is 158 Å². The van der Waals surface area contributed by atoms with E-state index in [9.17, 15) is 0 Å². The van der Waals surface area contributed by atoms with Crippen LogP contribution in [-0.4, -0.2) is 9.97 Å². The van der Waals surface area contributed by atoms with Gasteiger partial charge >= 0.3 is 0 Å². The highest BCUT2D eigenvalue weighted by molar-refractivity contribution is 6.26. The monoisotopic (exact) mass is 598 g/mol. The average molecular weight is 599 g/mol. The first-order chi connectivity index (χ1) is 23.3. The Bertz CT molecular complexity index is 2800. The lowest BCUT2D eigenvalue weighted by Gasteiger charge is -2.13. The van der Waals surface area contributed by atoms with Crippen molar-refractivity contribution in [3.8, 4) is 33.8 Å². The number of aromatic nitrogens is 2. The van der Waals surface area contributed by atoms with Crippen LogP contribution in [0, 0.1) is 0 Å². The van der Waals surface area contributed by atoms with Crippen molar-refractivity contribution in [2.24, 2.45) is 0 Å². The van der Waals surface area contributed by atoms with E-state index < -0.39 is 0 Å². The molecule has 0 atom stereocenters. The molecular weight excluding hydrogens is 572 g/mol. The third-order valence-corrected chi connectivity index (χ3v) is 9.48. The highest BCUT2D eigenvalue weighted by Gasteiger charge is 2.18. The Balaban J connectivity index is 1.13. The molecule has 8 aromatic carbocycles. The minimum Gasteiger partial charge on any atom is -0.436 e. The molecule has 218 valence electrons. The van der Waals surface area contributed by atoms with Crippen LogP contribution in [0.1, 0.15) is 0 Å². The topological polar surface area (TPSA) is 38.9 Å². The smallest absolute Gasteiger partial charge is 0.227 e. The summed E-state index contributed by atoms with van der Waals surface area (Å²) in [5.41, 5.74) is 7.88. The van der Waals surface area contributed by atoms with E-state index >= 15 is 0 Å². The maximum atomic E-state index is 6.27. The molecule has 10 rings (SSSR count). The lowest BCUT2D eigenvalue weighted by atomic mass is 9.91. The van der Waals surface area contributed by atoms with Crippen molar-refractivity contribution >= 4 is 65.1 Å². The van der Waals surface area contributed by atoms with E-state index in [1.807, 2.05) is 42.5 Å². The van der Waals surface area contributed by atoms with Gasteiger partial charge in [0.05, 0.1) is 11.2 Å². The molecule has 0 saturated heterocycles. The maximum Gasteiger partial charge on any atom is 0.227 e. The van der Waals surface area contributed by atoms with Gasteiger partial charge in [0.1, 0.15) is 5.52 Å². The number of oxazole rings is 1. The van der Waals surface area contributed by atoms with Crippen LogP contribution in [0.2, 0.25) is 0 Å². The Labute approximate surface area is 270 Å². The Morgan fingerprint density at radius 2 is 0.915 bits per heavy atom. The second-order valence-electron chi connectivity index (χ2n) is 12.1. The Morgan fingerprint density at radius 3 is 1.64 bits per heavy atom. The van der Waals surface area contributed by atoms with Crippen LogP contribution in [0.3, 0.4) is 0 Å². The van der Waals surface area contributed by atoms with Gasteiger partial charge in [0.2, 0.25) is 5.89 Å². The lowest BCUT2D eigenvalue weighted by molar-refractivity contribution is 0.620. The second-order valence-corrected chi connectivity index (χ2v) is 12.1. The fourth-order valence-electron chi connectivity index (χ4n) is 7.26. The normalized spacial score (nSPS) is 11.8. The van der Waals surface area contributed by atoms with Crippen molar-refractivity contribution in [1.29, 1.82) is 0 Å². The van der Waals surface area contributed by atoms with Gasteiger partial charge in [-0.05, 0) is 79.8 Å². The molecule has 0 aliphatic heterocycles. The summed E-state index contributed by atoms with van der Waals surface area (Å²) in [7, 11) is 0. The van der Waals surface area contributed by atoms with E-state index in [-0.39, 0.29) is 0 Å². The van der Waals surface area contributed by atoms with Crippen molar-refractivity contribution in [2.45, 2.75) is 0 Å². The summed E-state index contributed by atoms with van der Waals surface area (Å²) in [6.45, 7) is 0. The predicted octanol–water partition coefficient (Wildman–Crippen LogP) is 12.0. The van der Waals surface area contributed by atoms with Gasteiger partial charge in [0.25, 0.3) is 0 Å². The van der Waals surface area contributed by atoms with E-state index in [0.29, 0.717) is 5.89 Å². The molecule has 0 radical (unpaired) electrons. The van der Waals surface area contributed by atoms with Crippen LogP contribution < -0.4 is 0 Å². The van der Waals surface area contributed by atoms with Gasteiger partial charge in [-0.3, -0.25) is 0 Å². The molecule has 3 heteroatoms. The minimum absolute atomic E-state index is 0.621. The first-order valence-corrected chi connectivity index (χ1v) is 15.9. The second kappa shape index (κ2) is 10.1. The van der Waals surface area contributed by atoms with Gasteiger partial charge in [0, 0.05) is 27.3 Å². The summed E-state index contributed by atoms with van der Waals surface area (Å²) in [6.07, 6.45) is 0. The van der Waals surface area contributed by atoms with Crippen molar-refractivity contribution < 1.29 is 4.42 Å². The number of benzene rings is 8. The Morgan fingerprint density at radius 1 is 0.362 bits per heavy atom. The van der Waals surface area contributed by atoms with E-state index in [2.05, 4.69) is 115 Å². The maximum absolute atomic E-state index is 6.27. The number of fused-ring (bicyclic) bond motifs is 11. The average Bonchev–Trinajstić information content (AvgIpc) is 3.60. The number of pyridine rings is 1. The van der Waals surface area contributed by atoms with Crippen LogP contribution in [0.4, 0.5) is 0 Å². The van der Waals surface area contributed by atoms with E-state index in [4.69, 9.17) is 14.4 Å². The third kappa shape index (κ3) is 4.00. The molecule has 0 bridgehead atoms. The van der Waals surface area contributed by atoms with Gasteiger partial charge in [-0.1, -0.05) is 121 Å². The number of nitrogens with zero attached hydrogens (tertiary/aromatic N) is 2. The zero-order valence-corrected chi connectivity index (χ0v) is 25.3. The molecule has 0 amide bonds. The van der Waals surface area contributed by atoms with Crippen LogP contribution in [-0.2, 0) is 0 Å². The van der Waals surface area contributed by atoms with Gasteiger partial charge in [-0.15, -0.1) is 0 Å². The van der Waals surface area contributed by atoms with Crippen LogP contribution in [0.5, 0.6) is 0 Å². The van der Waals surface area contributed by atoms with Gasteiger partial charge in [-0.2, -0.15) is 0 Å². The van der Waals surface area contributed by atoms with E-state index in [1.165, 1.54) is 43.4 Å². The number of rotatable bonds is 3. The highest BCUT2D eigenvalue weighted by atomic mass is 16.3. The highest BCUT2D eigenvalue weighted by Crippen LogP contribution is 2.40. The SMILES string of the molecule is c1ccc(-c2nc3c(ccc4c(-c5ccc(-c6ccc7c8ccccc8c8ccccc8c7c6)cc5)nc5ccccc5c43)o2)cc1. The zero-order chi connectivity index (χ0) is 30.9. The summed E-state index contributed by atoms with van der Waals surface area (Å²) >= 11 is 0. The molecular formula is C44H26N2O. The molecule has 2 aromatic heterocycles. The summed E-state index contributed by atoms with van der Waals surface area (Å²) in [6, 6.07) is 55.6. The molecule has 0 spiro atoms. The fourth-order valence-corrected chi connectivity index (χ4v) is 7.26. The van der Waals surface area contributed by atoms with Crippen molar-refractivity contribution in [3.63, 3.8) is 0 Å². The predicted molar refractivity (Wildman–Crippen MR) is 196 cm³/mol. The first-order valence-electron chi connectivity index (χ1n) is 15.9. The molecule has 0 fully saturated rings. The summed E-state index contributed by atoms with van der Waals surface area (Å²) < 4.78 is 6.27. The fraction of sp³-hybridized carbons (Fsp3) is 0. The molecule has 47 heavy (non-hydrogen) atoms. The minimum atomic E-state index is 0.621. The first kappa shape index (κ1) is 26.0. The molecule has 0 unspecified atom stereocenters. The quantitative estimate of drug-likeness (QED) is 0.190. The molecule has 0 saturated carbocycles. The van der Waals surface area contributed by atoms with Gasteiger partial charge in [-0.25, -0.2) is 9.97 Å². The summed E-state index contributed by atoms with van der Waals surface area (Å²) in [4.78, 5) is 10.2. The lowest BCUT2D eigenvalue weighted by Crippen LogP contribution is -1.91. The van der Waals surface area contributed by atoms with E-state index in [0.717, 1.165) is 49.6 Å². The molecule has 0 N–H and O–H groups in total.